The van der Waals surface area contributed by atoms with E-state index >= 15 is 0 Å². The number of benzene rings is 1. The van der Waals surface area contributed by atoms with E-state index in [1.54, 1.807) is 14.2 Å². The Hall–Kier alpha value is -1.88. The van der Waals surface area contributed by atoms with Crippen LogP contribution in [-0.2, 0) is 0 Å². The van der Waals surface area contributed by atoms with Crippen molar-refractivity contribution in [3.63, 3.8) is 0 Å². The fourth-order valence-electron chi connectivity index (χ4n) is 1.99. The summed E-state index contributed by atoms with van der Waals surface area (Å²) in [6, 6.07) is 3.96. The van der Waals surface area contributed by atoms with Crippen LogP contribution in [0.25, 0.3) is 10.9 Å². The molecule has 1 aromatic heterocycles. The van der Waals surface area contributed by atoms with E-state index in [0.717, 1.165) is 16.6 Å². The molecular weight excluding hydrogens is 232 g/mol. The molecule has 0 fully saturated rings. The number of nitrogens with one attached hydrogen (secondary N) is 1. The first-order valence-corrected chi connectivity index (χ1v) is 5.78. The maximum atomic E-state index is 5.62. The number of hydrogen-bond acceptors (Lipinski definition) is 4. The number of methoxy groups -OCH3 is 2. The van der Waals surface area contributed by atoms with Gasteiger partial charge in [0.05, 0.1) is 19.7 Å². The SMILES string of the molecule is COc1cc2cc(C)[nH]c2c(OC)c1OCCN. The minimum Gasteiger partial charge on any atom is -0.493 e. The van der Waals surface area contributed by atoms with Crippen molar-refractivity contribution in [1.82, 2.24) is 4.98 Å². The van der Waals surface area contributed by atoms with Gasteiger partial charge in [0.25, 0.3) is 0 Å². The van der Waals surface area contributed by atoms with Gasteiger partial charge in [-0.05, 0) is 19.1 Å². The molecule has 1 aromatic carbocycles. The van der Waals surface area contributed by atoms with Crippen LogP contribution in [0, 0.1) is 6.92 Å². The lowest BCUT2D eigenvalue weighted by Crippen LogP contribution is -2.11. The molecule has 0 aliphatic rings. The fourth-order valence-corrected chi connectivity index (χ4v) is 1.99. The van der Waals surface area contributed by atoms with Crippen LogP contribution in [-0.4, -0.2) is 32.4 Å². The Kier molecular flexibility index (Phi) is 3.62. The maximum Gasteiger partial charge on any atom is 0.205 e. The van der Waals surface area contributed by atoms with Crippen LogP contribution in [0.3, 0.4) is 0 Å². The molecule has 0 unspecified atom stereocenters. The van der Waals surface area contributed by atoms with Crippen LogP contribution < -0.4 is 19.9 Å². The van der Waals surface area contributed by atoms with Gasteiger partial charge in [0.1, 0.15) is 6.61 Å². The van der Waals surface area contributed by atoms with Crippen molar-refractivity contribution < 1.29 is 14.2 Å². The number of rotatable bonds is 5. The lowest BCUT2D eigenvalue weighted by Gasteiger charge is -2.14. The van der Waals surface area contributed by atoms with Gasteiger partial charge in [0.15, 0.2) is 11.5 Å². The molecule has 1 heterocycles. The number of ether oxygens (including phenoxy) is 3. The molecule has 5 nitrogen and oxygen atoms in total. The summed E-state index contributed by atoms with van der Waals surface area (Å²) < 4.78 is 16.4. The van der Waals surface area contributed by atoms with Gasteiger partial charge in [-0.3, -0.25) is 0 Å². The quantitative estimate of drug-likeness (QED) is 0.849. The van der Waals surface area contributed by atoms with E-state index in [-0.39, 0.29) is 0 Å². The number of aromatic nitrogens is 1. The van der Waals surface area contributed by atoms with Gasteiger partial charge in [-0.2, -0.15) is 0 Å². The van der Waals surface area contributed by atoms with Crippen LogP contribution in [0.5, 0.6) is 17.2 Å². The lowest BCUT2D eigenvalue weighted by molar-refractivity contribution is 0.283. The van der Waals surface area contributed by atoms with E-state index in [0.29, 0.717) is 30.4 Å². The molecule has 5 heteroatoms. The van der Waals surface area contributed by atoms with E-state index in [1.807, 2.05) is 19.1 Å². The van der Waals surface area contributed by atoms with Crippen molar-refractivity contribution in [2.45, 2.75) is 6.92 Å². The van der Waals surface area contributed by atoms with E-state index in [1.165, 1.54) is 0 Å². The van der Waals surface area contributed by atoms with Crippen LogP contribution in [0.4, 0.5) is 0 Å². The third-order valence-electron chi connectivity index (χ3n) is 2.71. The number of fused-ring (bicyclic) bond motifs is 1. The second-order valence-corrected chi connectivity index (χ2v) is 3.99. The van der Waals surface area contributed by atoms with Gasteiger partial charge < -0.3 is 24.9 Å². The van der Waals surface area contributed by atoms with Gasteiger partial charge in [-0.25, -0.2) is 0 Å². The standard InChI is InChI=1S/C13H18N2O3/c1-8-6-9-7-10(16-2)12(18-5-4-14)13(17-3)11(9)15-8/h6-7,15H,4-5,14H2,1-3H3. The lowest BCUT2D eigenvalue weighted by atomic mass is 10.2. The first kappa shape index (κ1) is 12.6. The zero-order valence-electron chi connectivity index (χ0n) is 10.9. The molecule has 0 amide bonds. The predicted molar refractivity (Wildman–Crippen MR) is 70.7 cm³/mol. The third kappa shape index (κ3) is 2.09. The highest BCUT2D eigenvalue weighted by Gasteiger charge is 2.17. The van der Waals surface area contributed by atoms with Crippen molar-refractivity contribution in [3.8, 4) is 17.2 Å². The smallest absolute Gasteiger partial charge is 0.205 e. The van der Waals surface area contributed by atoms with E-state index in [4.69, 9.17) is 19.9 Å². The summed E-state index contributed by atoms with van der Waals surface area (Å²) in [6.07, 6.45) is 0. The summed E-state index contributed by atoms with van der Waals surface area (Å²) in [7, 11) is 3.22. The average molecular weight is 250 g/mol. The van der Waals surface area contributed by atoms with Crippen LogP contribution in [0.15, 0.2) is 12.1 Å². The molecule has 2 aromatic rings. The third-order valence-corrected chi connectivity index (χ3v) is 2.71. The minimum atomic E-state index is 0.415. The van der Waals surface area contributed by atoms with Gasteiger partial charge in [-0.1, -0.05) is 0 Å². The van der Waals surface area contributed by atoms with Gasteiger partial charge in [0.2, 0.25) is 5.75 Å². The summed E-state index contributed by atoms with van der Waals surface area (Å²) >= 11 is 0. The van der Waals surface area contributed by atoms with Crippen LogP contribution in [0.2, 0.25) is 0 Å². The highest BCUT2D eigenvalue weighted by atomic mass is 16.5. The summed E-state index contributed by atoms with van der Waals surface area (Å²) in [6.45, 7) is 2.85. The van der Waals surface area contributed by atoms with E-state index in [9.17, 15) is 0 Å². The molecule has 0 aliphatic carbocycles. The van der Waals surface area contributed by atoms with Crippen molar-refractivity contribution in [2.75, 3.05) is 27.4 Å². The average Bonchev–Trinajstić information content (AvgIpc) is 2.74. The molecule has 18 heavy (non-hydrogen) atoms. The molecule has 98 valence electrons. The van der Waals surface area contributed by atoms with E-state index in [2.05, 4.69) is 4.98 Å². The van der Waals surface area contributed by atoms with Gasteiger partial charge in [0, 0.05) is 17.6 Å². The zero-order valence-corrected chi connectivity index (χ0v) is 10.9. The first-order chi connectivity index (χ1) is 8.71. The van der Waals surface area contributed by atoms with Crippen LogP contribution in [0.1, 0.15) is 5.69 Å². The van der Waals surface area contributed by atoms with Crippen LogP contribution >= 0.6 is 0 Å². The second kappa shape index (κ2) is 5.18. The largest absolute Gasteiger partial charge is 0.493 e. The first-order valence-electron chi connectivity index (χ1n) is 5.78. The number of aromatic amines is 1. The summed E-state index contributed by atoms with van der Waals surface area (Å²) in [5, 5.41) is 1.03. The molecule has 2 rings (SSSR count). The highest BCUT2D eigenvalue weighted by Crippen LogP contribution is 2.43. The molecule has 0 spiro atoms. The number of H-pyrrole nitrogens is 1. The predicted octanol–water partition coefficient (Wildman–Crippen LogP) is 1.83. The minimum absolute atomic E-state index is 0.415. The Balaban J connectivity index is 2.63. The van der Waals surface area contributed by atoms with Crippen molar-refractivity contribution in [3.05, 3.63) is 17.8 Å². The normalized spacial score (nSPS) is 10.7. The molecular formula is C13H18N2O3. The van der Waals surface area contributed by atoms with Crippen molar-refractivity contribution in [1.29, 1.82) is 0 Å². The Morgan fingerprint density at radius 1 is 1.17 bits per heavy atom. The van der Waals surface area contributed by atoms with Gasteiger partial charge in [-0.15, -0.1) is 0 Å². The summed E-state index contributed by atoms with van der Waals surface area (Å²) in [5.74, 6) is 1.87. The molecule has 3 N–H and O–H groups in total. The number of nitrogens with two attached hydrogens (primary N) is 1. The molecule has 0 atom stereocenters. The summed E-state index contributed by atoms with van der Waals surface area (Å²) in [4.78, 5) is 3.25. The Labute approximate surface area is 106 Å². The highest BCUT2D eigenvalue weighted by molar-refractivity contribution is 5.91. The Morgan fingerprint density at radius 2 is 1.94 bits per heavy atom. The maximum absolute atomic E-state index is 5.62. The number of hydrogen-bond donors (Lipinski definition) is 2. The fraction of sp³-hybridized carbons (Fsp3) is 0.385. The van der Waals surface area contributed by atoms with Crippen molar-refractivity contribution in [2.24, 2.45) is 5.73 Å². The summed E-state index contributed by atoms with van der Waals surface area (Å²) in [5.41, 5.74) is 7.42. The molecule has 0 aliphatic heterocycles. The molecule has 0 saturated carbocycles. The monoisotopic (exact) mass is 250 g/mol. The van der Waals surface area contributed by atoms with Crippen molar-refractivity contribution >= 4 is 10.9 Å². The molecule has 0 radical (unpaired) electrons. The topological polar surface area (TPSA) is 69.5 Å². The molecule has 0 bridgehead atoms. The van der Waals surface area contributed by atoms with E-state index < -0.39 is 0 Å². The Bertz CT molecular complexity index is 549. The van der Waals surface area contributed by atoms with Gasteiger partial charge >= 0.3 is 0 Å². The number of aryl methyl sites for hydroxylation is 1. The zero-order chi connectivity index (χ0) is 13.1. The molecule has 0 saturated heterocycles. The Morgan fingerprint density at radius 3 is 2.56 bits per heavy atom. The second-order valence-electron chi connectivity index (χ2n) is 3.99.